The molecule has 0 unspecified atom stereocenters. The quantitative estimate of drug-likeness (QED) is 0.251. The second-order valence-corrected chi connectivity index (χ2v) is 7.79. The summed E-state index contributed by atoms with van der Waals surface area (Å²) >= 11 is 0. The van der Waals surface area contributed by atoms with Crippen LogP contribution in [0.25, 0.3) is 29.2 Å². The van der Waals surface area contributed by atoms with Gasteiger partial charge in [-0.1, -0.05) is 30.4 Å². The molecule has 10 heteroatoms. The number of ether oxygens (including phenoxy) is 1. The average molecular weight is 497 g/mol. The van der Waals surface area contributed by atoms with Gasteiger partial charge in [-0.05, 0) is 60.0 Å². The summed E-state index contributed by atoms with van der Waals surface area (Å²) in [5.41, 5.74) is 0.450. The first kappa shape index (κ1) is 24.6. The Morgan fingerprint density at radius 2 is 1.78 bits per heavy atom. The molecular weight excluding hydrogens is 478 g/mol. The minimum atomic E-state index is -5.00. The van der Waals surface area contributed by atoms with Crippen molar-refractivity contribution in [2.45, 2.75) is 13.1 Å². The fourth-order valence-electron chi connectivity index (χ4n) is 3.68. The number of aryl methyl sites for hydroxylation is 1. The summed E-state index contributed by atoms with van der Waals surface area (Å²) in [6.45, 7) is 1.91. The molecule has 4 rings (SSSR count). The van der Waals surface area contributed by atoms with Gasteiger partial charge in [0, 0.05) is 5.56 Å². The van der Waals surface area contributed by atoms with Gasteiger partial charge in [-0.25, -0.2) is 18.9 Å². The molecule has 1 N–H and O–H groups in total. The first-order valence-corrected chi connectivity index (χ1v) is 10.6. The van der Waals surface area contributed by atoms with Crippen molar-refractivity contribution >= 4 is 18.1 Å². The number of hydrogen-bond acceptors (Lipinski definition) is 4. The van der Waals surface area contributed by atoms with Crippen molar-refractivity contribution in [3.8, 4) is 22.8 Å². The molecule has 0 aliphatic carbocycles. The van der Waals surface area contributed by atoms with E-state index in [4.69, 9.17) is 9.84 Å². The Bertz CT molecular complexity index is 1480. The number of carboxylic acids is 1. The topological polar surface area (TPSA) is 77.2 Å². The van der Waals surface area contributed by atoms with Crippen LogP contribution in [-0.4, -0.2) is 33.0 Å². The van der Waals surface area contributed by atoms with Crippen molar-refractivity contribution in [2.24, 2.45) is 0 Å². The van der Waals surface area contributed by atoms with Crippen molar-refractivity contribution < 1.29 is 32.2 Å². The first-order chi connectivity index (χ1) is 17.1. The fraction of sp³-hybridized carbons (Fsp3) is 0.115. The highest BCUT2D eigenvalue weighted by Crippen LogP contribution is 2.34. The predicted molar refractivity (Wildman–Crippen MR) is 125 cm³/mol. The van der Waals surface area contributed by atoms with E-state index in [0.29, 0.717) is 27.8 Å². The molecular formula is C26H19F4N3O3. The predicted octanol–water partition coefficient (Wildman–Crippen LogP) is 6.28. The van der Waals surface area contributed by atoms with E-state index in [1.807, 2.05) is 25.1 Å². The Labute approximate surface area is 203 Å². The summed E-state index contributed by atoms with van der Waals surface area (Å²) in [7, 11) is 1.57. The monoisotopic (exact) mass is 497 g/mol. The zero-order chi connectivity index (χ0) is 26.0. The highest BCUT2D eigenvalue weighted by Gasteiger charge is 2.41. The molecule has 184 valence electrons. The highest BCUT2D eigenvalue weighted by atomic mass is 19.4. The second-order valence-electron chi connectivity index (χ2n) is 7.79. The summed E-state index contributed by atoms with van der Waals surface area (Å²) < 4.78 is 60.8. The smallest absolute Gasteiger partial charge is 0.434 e. The molecule has 2 heterocycles. The molecule has 2 aromatic heterocycles. The Morgan fingerprint density at radius 3 is 2.44 bits per heavy atom. The van der Waals surface area contributed by atoms with Crippen molar-refractivity contribution in [3.63, 3.8) is 0 Å². The van der Waals surface area contributed by atoms with E-state index < -0.39 is 29.2 Å². The van der Waals surface area contributed by atoms with Gasteiger partial charge in [0.1, 0.15) is 17.1 Å². The molecule has 0 saturated carbocycles. The molecule has 0 saturated heterocycles. The van der Waals surface area contributed by atoms with Gasteiger partial charge < -0.3 is 9.84 Å². The molecule has 36 heavy (non-hydrogen) atoms. The number of pyridine rings is 1. The number of aromatic nitrogens is 3. The van der Waals surface area contributed by atoms with E-state index in [1.165, 1.54) is 36.4 Å². The molecule has 4 aromatic rings. The number of carbonyl (C=O) groups is 1. The van der Waals surface area contributed by atoms with Gasteiger partial charge >= 0.3 is 12.1 Å². The molecule has 0 bridgehead atoms. The maximum atomic E-state index is 14.2. The normalized spacial score (nSPS) is 11.7. The van der Waals surface area contributed by atoms with Gasteiger partial charge in [-0.3, -0.25) is 0 Å². The van der Waals surface area contributed by atoms with Crippen LogP contribution in [-0.2, 0) is 6.18 Å². The lowest BCUT2D eigenvalue weighted by Crippen LogP contribution is -2.18. The lowest BCUT2D eigenvalue weighted by molar-refractivity contribution is -0.143. The van der Waals surface area contributed by atoms with Crippen LogP contribution >= 0.6 is 0 Å². The van der Waals surface area contributed by atoms with Crippen LogP contribution in [0.15, 0.2) is 60.8 Å². The number of carboxylic acid groups (broad SMARTS) is 1. The third-order valence-electron chi connectivity index (χ3n) is 5.43. The Kier molecular flexibility index (Phi) is 6.61. The van der Waals surface area contributed by atoms with E-state index in [0.717, 1.165) is 11.1 Å². The summed E-state index contributed by atoms with van der Waals surface area (Å²) in [4.78, 5) is 15.5. The van der Waals surface area contributed by atoms with Gasteiger partial charge in [0.2, 0.25) is 0 Å². The number of halogens is 4. The summed E-state index contributed by atoms with van der Waals surface area (Å²) in [6.07, 6.45) is -0.808. The number of aromatic carboxylic acids is 1. The molecule has 0 fully saturated rings. The summed E-state index contributed by atoms with van der Waals surface area (Å²) in [6, 6.07) is 13.8. The van der Waals surface area contributed by atoms with E-state index in [1.54, 1.807) is 19.3 Å². The SMILES string of the molecule is COc1ccc(C=Cc2ccc(F)cc2-c2cccc(-n3ncc(C(=O)O)c3C(F)(F)F)n2)c(C)c1. The average Bonchev–Trinajstić information content (AvgIpc) is 3.30. The zero-order valence-corrected chi connectivity index (χ0v) is 19.0. The number of nitrogens with zero attached hydrogens (tertiary/aromatic N) is 3. The lowest BCUT2D eigenvalue weighted by atomic mass is 10.0. The first-order valence-electron chi connectivity index (χ1n) is 10.6. The zero-order valence-electron chi connectivity index (χ0n) is 19.0. The van der Waals surface area contributed by atoms with Gasteiger partial charge in [-0.15, -0.1) is 0 Å². The van der Waals surface area contributed by atoms with Crippen molar-refractivity contribution in [3.05, 3.63) is 94.6 Å². The van der Waals surface area contributed by atoms with Crippen molar-refractivity contribution in [1.82, 2.24) is 14.8 Å². The van der Waals surface area contributed by atoms with Crippen molar-refractivity contribution in [2.75, 3.05) is 7.11 Å². The maximum absolute atomic E-state index is 14.2. The summed E-state index contributed by atoms with van der Waals surface area (Å²) in [5.74, 6) is -1.89. The minimum Gasteiger partial charge on any atom is -0.497 e. The summed E-state index contributed by atoms with van der Waals surface area (Å²) in [5, 5.41) is 12.8. The number of hydrogen-bond donors (Lipinski definition) is 1. The molecule has 0 spiro atoms. The molecule has 0 radical (unpaired) electrons. The molecule has 0 atom stereocenters. The van der Waals surface area contributed by atoms with E-state index in [9.17, 15) is 22.4 Å². The number of benzene rings is 2. The van der Waals surface area contributed by atoms with Crippen LogP contribution < -0.4 is 4.74 Å². The van der Waals surface area contributed by atoms with Crippen molar-refractivity contribution in [1.29, 1.82) is 0 Å². The van der Waals surface area contributed by atoms with Gasteiger partial charge in [0.15, 0.2) is 11.5 Å². The molecule has 6 nitrogen and oxygen atoms in total. The molecule has 0 aliphatic rings. The van der Waals surface area contributed by atoms with E-state index in [2.05, 4.69) is 10.1 Å². The van der Waals surface area contributed by atoms with E-state index >= 15 is 0 Å². The van der Waals surface area contributed by atoms with Crippen LogP contribution in [0.1, 0.15) is 32.7 Å². The number of alkyl halides is 3. The third kappa shape index (κ3) is 4.97. The maximum Gasteiger partial charge on any atom is 0.434 e. The van der Waals surface area contributed by atoms with E-state index in [-0.39, 0.29) is 11.5 Å². The molecule has 0 aliphatic heterocycles. The fourth-order valence-corrected chi connectivity index (χ4v) is 3.68. The van der Waals surface area contributed by atoms with Crippen LogP contribution in [0.5, 0.6) is 5.75 Å². The number of methoxy groups -OCH3 is 1. The van der Waals surface area contributed by atoms with Crippen LogP contribution in [0, 0.1) is 12.7 Å². The highest BCUT2D eigenvalue weighted by molar-refractivity contribution is 5.89. The van der Waals surface area contributed by atoms with Gasteiger partial charge in [0.05, 0.1) is 19.0 Å². The third-order valence-corrected chi connectivity index (χ3v) is 5.43. The Morgan fingerprint density at radius 1 is 1.06 bits per heavy atom. The van der Waals surface area contributed by atoms with Crippen LogP contribution in [0.4, 0.5) is 17.6 Å². The van der Waals surface area contributed by atoms with Crippen LogP contribution in [0.2, 0.25) is 0 Å². The van der Waals surface area contributed by atoms with Crippen LogP contribution in [0.3, 0.4) is 0 Å². The molecule has 2 aromatic carbocycles. The minimum absolute atomic E-state index is 0.179. The standard InChI is InChI=1S/C26H19F4N3O3/c1-15-12-19(36-2)11-9-16(15)6-7-17-8-10-18(27)13-20(17)22-4-3-5-23(32-22)33-24(26(28,29)30)21(14-31-33)25(34)35/h3-14H,1-2H3,(H,34,35). The van der Waals surface area contributed by atoms with Gasteiger partial charge in [0.25, 0.3) is 0 Å². The van der Waals surface area contributed by atoms with Gasteiger partial charge in [-0.2, -0.15) is 18.3 Å². The Hall–Kier alpha value is -4.47. The Balaban J connectivity index is 1.79. The largest absolute Gasteiger partial charge is 0.497 e. The number of rotatable bonds is 6. The lowest BCUT2D eigenvalue weighted by Gasteiger charge is -2.13. The second kappa shape index (κ2) is 9.65. The molecule has 0 amide bonds.